The SMILES string of the molecule is [N-]=[N+]=CC(=O)c1cccc(Oc2ccccn2)c1. The summed E-state index contributed by atoms with van der Waals surface area (Å²) in [6, 6.07) is 11.8. The van der Waals surface area contributed by atoms with Crippen LogP contribution < -0.4 is 4.74 Å². The lowest BCUT2D eigenvalue weighted by atomic mass is 10.1. The van der Waals surface area contributed by atoms with E-state index in [0.29, 0.717) is 17.2 Å². The molecule has 5 nitrogen and oxygen atoms in total. The summed E-state index contributed by atoms with van der Waals surface area (Å²) in [5.74, 6) is 0.535. The maximum absolute atomic E-state index is 11.5. The van der Waals surface area contributed by atoms with Gasteiger partial charge in [0.15, 0.2) is 0 Å². The van der Waals surface area contributed by atoms with Gasteiger partial charge >= 0.3 is 6.21 Å². The normalized spacial score (nSPS) is 9.33. The molecule has 1 aromatic heterocycles. The molecular formula is C13H9N3O2. The van der Waals surface area contributed by atoms with Crippen LogP contribution in [0, 0.1) is 0 Å². The number of carbonyl (C=O) groups is 1. The minimum atomic E-state index is -0.399. The molecule has 2 aromatic rings. The summed E-state index contributed by atoms with van der Waals surface area (Å²) >= 11 is 0. The molecule has 0 aliphatic carbocycles. The molecule has 0 spiro atoms. The second-order valence-electron chi connectivity index (χ2n) is 3.41. The van der Waals surface area contributed by atoms with Crippen LogP contribution in [0.1, 0.15) is 10.4 Å². The van der Waals surface area contributed by atoms with Crippen molar-refractivity contribution in [1.29, 1.82) is 0 Å². The van der Waals surface area contributed by atoms with Crippen molar-refractivity contribution in [2.24, 2.45) is 0 Å². The summed E-state index contributed by atoms with van der Waals surface area (Å²) < 4.78 is 5.48. The Kier molecular flexibility index (Phi) is 3.59. The van der Waals surface area contributed by atoms with Crippen LogP contribution in [0.3, 0.4) is 0 Å². The highest BCUT2D eigenvalue weighted by atomic mass is 16.5. The first-order valence-corrected chi connectivity index (χ1v) is 5.20. The highest BCUT2D eigenvalue weighted by Crippen LogP contribution is 2.19. The third-order valence-electron chi connectivity index (χ3n) is 2.15. The van der Waals surface area contributed by atoms with E-state index in [4.69, 9.17) is 10.3 Å². The molecule has 0 bridgehead atoms. The van der Waals surface area contributed by atoms with Crippen LogP contribution >= 0.6 is 0 Å². The molecule has 0 fully saturated rings. The number of benzene rings is 1. The first-order valence-electron chi connectivity index (χ1n) is 5.20. The molecule has 88 valence electrons. The van der Waals surface area contributed by atoms with Crippen LogP contribution in [-0.4, -0.2) is 21.8 Å². The second kappa shape index (κ2) is 5.52. The lowest BCUT2D eigenvalue weighted by Crippen LogP contribution is -2.00. The van der Waals surface area contributed by atoms with E-state index >= 15 is 0 Å². The number of pyridine rings is 1. The maximum Gasteiger partial charge on any atom is 0.328 e. The smallest absolute Gasteiger partial charge is 0.328 e. The number of rotatable bonds is 4. The Hall–Kier alpha value is -2.78. The topological polar surface area (TPSA) is 75.6 Å². The largest absolute Gasteiger partial charge is 0.439 e. The summed E-state index contributed by atoms with van der Waals surface area (Å²) in [6.07, 6.45) is 2.45. The minimum absolute atomic E-state index is 0.376. The molecule has 0 N–H and O–H groups in total. The Balaban J connectivity index is 2.22. The fourth-order valence-electron chi connectivity index (χ4n) is 1.37. The Morgan fingerprint density at radius 1 is 1.28 bits per heavy atom. The molecule has 0 saturated heterocycles. The zero-order valence-corrected chi connectivity index (χ0v) is 9.35. The van der Waals surface area contributed by atoms with E-state index in [1.165, 1.54) is 0 Å². The molecule has 1 aromatic carbocycles. The van der Waals surface area contributed by atoms with Gasteiger partial charge in [-0.2, -0.15) is 4.79 Å². The van der Waals surface area contributed by atoms with Crippen LogP contribution in [0.2, 0.25) is 0 Å². The summed E-state index contributed by atoms with van der Waals surface area (Å²) in [7, 11) is 0. The average molecular weight is 239 g/mol. The molecule has 1 heterocycles. The third-order valence-corrected chi connectivity index (χ3v) is 2.15. The number of aromatic nitrogens is 1. The molecular weight excluding hydrogens is 230 g/mol. The van der Waals surface area contributed by atoms with Crippen LogP contribution in [0.5, 0.6) is 11.6 Å². The van der Waals surface area contributed by atoms with Gasteiger partial charge in [0.2, 0.25) is 5.88 Å². The van der Waals surface area contributed by atoms with Gasteiger partial charge in [0, 0.05) is 17.8 Å². The van der Waals surface area contributed by atoms with E-state index in [9.17, 15) is 4.79 Å². The van der Waals surface area contributed by atoms with Crippen molar-refractivity contribution in [3.63, 3.8) is 0 Å². The predicted octanol–water partition coefficient (Wildman–Crippen LogP) is 2.36. The summed E-state index contributed by atoms with van der Waals surface area (Å²) in [4.78, 5) is 18.2. The second-order valence-corrected chi connectivity index (χ2v) is 3.41. The van der Waals surface area contributed by atoms with E-state index in [2.05, 4.69) is 9.77 Å². The third kappa shape index (κ3) is 2.87. The van der Waals surface area contributed by atoms with Crippen molar-refractivity contribution >= 4 is 12.0 Å². The number of hydrogen-bond donors (Lipinski definition) is 0. The Labute approximate surface area is 103 Å². The number of ether oxygens (including phenoxy) is 1. The fourth-order valence-corrected chi connectivity index (χ4v) is 1.37. The zero-order valence-electron chi connectivity index (χ0n) is 9.35. The van der Waals surface area contributed by atoms with Gasteiger partial charge in [0.05, 0.1) is 0 Å². The van der Waals surface area contributed by atoms with E-state index in [0.717, 1.165) is 6.21 Å². The molecule has 0 aliphatic rings. The van der Waals surface area contributed by atoms with Crippen LogP contribution in [-0.2, 0) is 0 Å². The van der Waals surface area contributed by atoms with Crippen molar-refractivity contribution < 1.29 is 14.3 Å². The van der Waals surface area contributed by atoms with Gasteiger partial charge in [-0.15, -0.1) is 0 Å². The van der Waals surface area contributed by atoms with Crippen molar-refractivity contribution in [2.45, 2.75) is 0 Å². The van der Waals surface area contributed by atoms with Gasteiger partial charge in [-0.05, 0) is 18.2 Å². The van der Waals surface area contributed by atoms with E-state index in [-0.39, 0.29) is 0 Å². The van der Waals surface area contributed by atoms with Crippen LogP contribution in [0.4, 0.5) is 0 Å². The average Bonchev–Trinajstić information content (AvgIpc) is 2.40. The van der Waals surface area contributed by atoms with Crippen molar-refractivity contribution in [1.82, 2.24) is 4.98 Å². The van der Waals surface area contributed by atoms with Crippen molar-refractivity contribution in [2.75, 3.05) is 0 Å². The van der Waals surface area contributed by atoms with Gasteiger partial charge in [0.25, 0.3) is 5.78 Å². The quantitative estimate of drug-likeness (QED) is 0.355. The van der Waals surface area contributed by atoms with Gasteiger partial charge in [-0.25, -0.2) is 4.98 Å². The Morgan fingerprint density at radius 2 is 2.17 bits per heavy atom. The first-order chi connectivity index (χ1) is 8.79. The lowest BCUT2D eigenvalue weighted by Gasteiger charge is -2.04. The molecule has 0 atom stereocenters. The van der Waals surface area contributed by atoms with E-state index < -0.39 is 5.78 Å². The molecule has 5 heteroatoms. The molecule has 0 unspecified atom stereocenters. The summed E-state index contributed by atoms with van der Waals surface area (Å²) in [6.45, 7) is 0. The highest BCUT2D eigenvalue weighted by molar-refractivity contribution is 6.33. The lowest BCUT2D eigenvalue weighted by molar-refractivity contribution is 0.00235. The molecule has 0 saturated carbocycles. The monoisotopic (exact) mass is 239 g/mol. The highest BCUT2D eigenvalue weighted by Gasteiger charge is 2.08. The van der Waals surface area contributed by atoms with E-state index in [1.54, 1.807) is 48.7 Å². The van der Waals surface area contributed by atoms with Crippen molar-refractivity contribution in [3.8, 4) is 11.6 Å². The van der Waals surface area contributed by atoms with Gasteiger partial charge in [-0.3, -0.25) is 4.79 Å². The Morgan fingerprint density at radius 3 is 2.89 bits per heavy atom. The predicted molar refractivity (Wildman–Crippen MR) is 64.8 cm³/mol. The number of ketones is 1. The van der Waals surface area contributed by atoms with Gasteiger partial charge in [-0.1, -0.05) is 18.2 Å². The molecule has 2 rings (SSSR count). The number of carbonyl (C=O) groups excluding carboxylic acids is 1. The first kappa shape index (κ1) is 11.7. The van der Waals surface area contributed by atoms with Gasteiger partial charge in [0.1, 0.15) is 5.75 Å². The maximum atomic E-state index is 11.5. The number of nitrogens with zero attached hydrogens (tertiary/aromatic N) is 3. The summed E-state index contributed by atoms with van der Waals surface area (Å²) in [5, 5.41) is 0. The standard InChI is InChI=1S/C13H9N3O2/c14-16-9-12(17)10-4-3-5-11(8-10)18-13-6-1-2-7-15-13/h1-9H. The van der Waals surface area contributed by atoms with Crippen LogP contribution in [0.15, 0.2) is 48.7 Å². The molecule has 0 amide bonds. The Bertz CT molecular complexity index is 605. The molecule has 18 heavy (non-hydrogen) atoms. The van der Waals surface area contributed by atoms with Crippen molar-refractivity contribution in [3.05, 3.63) is 59.8 Å². The van der Waals surface area contributed by atoms with Gasteiger partial charge < -0.3 is 10.3 Å². The molecule has 0 aliphatic heterocycles. The number of Topliss-reactive ketones (excluding diaryl/α,β-unsaturated/α-hetero) is 1. The molecule has 0 radical (unpaired) electrons. The van der Waals surface area contributed by atoms with Crippen LogP contribution in [0.25, 0.3) is 5.53 Å². The minimum Gasteiger partial charge on any atom is -0.439 e. The number of hydrogen-bond acceptors (Lipinski definition) is 3. The fraction of sp³-hybridized carbons (Fsp3) is 0. The zero-order chi connectivity index (χ0) is 12.8. The summed E-state index contributed by atoms with van der Waals surface area (Å²) in [5.41, 5.74) is 8.69. The van der Waals surface area contributed by atoms with E-state index in [1.807, 2.05) is 0 Å².